The third-order valence-electron chi connectivity index (χ3n) is 5.42. The standard InChI is InChI=1S/C22H28N2O3/c1-3-20(21(25)23-18-9-11-19(27-2)12-10-18)24-15-13-22(26,14-16-24)17-7-5-4-6-8-17/h4-12,20,26H,3,13-16H2,1-2H3,(H,23,25). The Bertz CT molecular complexity index is 738. The molecule has 0 saturated carbocycles. The summed E-state index contributed by atoms with van der Waals surface area (Å²) in [4.78, 5) is 15.0. The Morgan fingerprint density at radius 1 is 1.15 bits per heavy atom. The molecule has 1 aliphatic rings. The number of carbonyl (C=O) groups is 1. The summed E-state index contributed by atoms with van der Waals surface area (Å²) in [5.74, 6) is 0.754. The molecule has 27 heavy (non-hydrogen) atoms. The summed E-state index contributed by atoms with van der Waals surface area (Å²) in [5, 5.41) is 14.0. The van der Waals surface area contributed by atoms with Crippen LogP contribution in [0.1, 0.15) is 31.7 Å². The van der Waals surface area contributed by atoms with Crippen LogP contribution in [0.3, 0.4) is 0 Å². The monoisotopic (exact) mass is 368 g/mol. The summed E-state index contributed by atoms with van der Waals surface area (Å²) in [6.07, 6.45) is 1.98. The van der Waals surface area contributed by atoms with E-state index in [1.165, 1.54) is 0 Å². The first-order valence-electron chi connectivity index (χ1n) is 9.52. The summed E-state index contributed by atoms with van der Waals surface area (Å²) in [6, 6.07) is 17.0. The molecule has 1 unspecified atom stereocenters. The fourth-order valence-corrected chi connectivity index (χ4v) is 3.75. The molecule has 0 aliphatic carbocycles. The molecule has 1 fully saturated rings. The Balaban J connectivity index is 1.61. The van der Waals surface area contributed by atoms with Crippen molar-refractivity contribution in [2.45, 2.75) is 37.8 Å². The number of hydrogen-bond donors (Lipinski definition) is 2. The van der Waals surface area contributed by atoms with E-state index in [1.54, 1.807) is 7.11 Å². The van der Waals surface area contributed by atoms with E-state index in [1.807, 2.05) is 61.5 Å². The van der Waals surface area contributed by atoms with Crippen molar-refractivity contribution in [1.82, 2.24) is 4.90 Å². The highest BCUT2D eigenvalue weighted by molar-refractivity contribution is 5.94. The molecule has 1 amide bonds. The second-order valence-corrected chi connectivity index (χ2v) is 7.08. The van der Waals surface area contributed by atoms with Crippen LogP contribution in [0.2, 0.25) is 0 Å². The molecule has 2 aromatic rings. The zero-order valence-corrected chi connectivity index (χ0v) is 16.0. The Morgan fingerprint density at radius 3 is 2.33 bits per heavy atom. The number of benzene rings is 2. The van der Waals surface area contributed by atoms with Gasteiger partial charge in [-0.3, -0.25) is 9.69 Å². The predicted octanol–water partition coefficient (Wildman–Crippen LogP) is 3.40. The van der Waals surface area contributed by atoms with Gasteiger partial charge in [0.05, 0.1) is 18.8 Å². The van der Waals surface area contributed by atoms with Gasteiger partial charge in [0.2, 0.25) is 5.91 Å². The van der Waals surface area contributed by atoms with Crippen LogP contribution in [0, 0.1) is 0 Å². The highest BCUT2D eigenvalue weighted by atomic mass is 16.5. The van der Waals surface area contributed by atoms with Gasteiger partial charge < -0.3 is 15.2 Å². The number of rotatable bonds is 6. The second kappa shape index (κ2) is 8.55. The van der Waals surface area contributed by atoms with E-state index in [2.05, 4.69) is 10.2 Å². The molecular formula is C22H28N2O3. The molecule has 3 rings (SSSR count). The zero-order valence-electron chi connectivity index (χ0n) is 16.0. The molecular weight excluding hydrogens is 340 g/mol. The van der Waals surface area contributed by atoms with Crippen molar-refractivity contribution in [3.05, 3.63) is 60.2 Å². The number of methoxy groups -OCH3 is 1. The van der Waals surface area contributed by atoms with Gasteiger partial charge in [0, 0.05) is 18.8 Å². The first-order valence-corrected chi connectivity index (χ1v) is 9.52. The Hall–Kier alpha value is -2.37. The molecule has 2 N–H and O–H groups in total. The lowest BCUT2D eigenvalue weighted by Gasteiger charge is -2.41. The Labute approximate surface area is 161 Å². The SMILES string of the molecule is CCC(C(=O)Nc1ccc(OC)cc1)N1CCC(O)(c2ccccc2)CC1. The first-order chi connectivity index (χ1) is 13.1. The number of likely N-dealkylation sites (tertiary alicyclic amines) is 1. The molecule has 5 heteroatoms. The Morgan fingerprint density at radius 2 is 1.78 bits per heavy atom. The molecule has 0 radical (unpaired) electrons. The molecule has 144 valence electrons. The van der Waals surface area contributed by atoms with Crippen LogP contribution in [0.25, 0.3) is 0 Å². The summed E-state index contributed by atoms with van der Waals surface area (Å²) in [7, 11) is 1.62. The number of carbonyl (C=O) groups excluding carboxylic acids is 1. The van der Waals surface area contributed by atoms with Gasteiger partial charge in [-0.05, 0) is 49.1 Å². The number of piperidine rings is 1. The maximum Gasteiger partial charge on any atom is 0.241 e. The van der Waals surface area contributed by atoms with Crippen LogP contribution in [-0.2, 0) is 10.4 Å². The molecule has 1 atom stereocenters. The van der Waals surface area contributed by atoms with E-state index in [4.69, 9.17) is 4.74 Å². The van der Waals surface area contributed by atoms with Crippen molar-refractivity contribution in [3.8, 4) is 5.75 Å². The third-order valence-corrected chi connectivity index (χ3v) is 5.42. The summed E-state index contributed by atoms with van der Waals surface area (Å²) in [5.41, 5.74) is 0.917. The number of ether oxygens (including phenoxy) is 1. The predicted molar refractivity (Wildman–Crippen MR) is 107 cm³/mol. The molecule has 1 saturated heterocycles. The topological polar surface area (TPSA) is 61.8 Å². The number of anilines is 1. The molecule has 1 heterocycles. The summed E-state index contributed by atoms with van der Waals surface area (Å²) >= 11 is 0. The van der Waals surface area contributed by atoms with Gasteiger partial charge in [-0.15, -0.1) is 0 Å². The molecule has 0 spiro atoms. The van der Waals surface area contributed by atoms with Crippen LogP contribution in [0.15, 0.2) is 54.6 Å². The lowest BCUT2D eigenvalue weighted by Crippen LogP contribution is -2.50. The highest BCUT2D eigenvalue weighted by Crippen LogP contribution is 2.33. The van der Waals surface area contributed by atoms with Crippen molar-refractivity contribution in [2.75, 3.05) is 25.5 Å². The maximum atomic E-state index is 12.8. The van der Waals surface area contributed by atoms with Crippen molar-refractivity contribution >= 4 is 11.6 Å². The van der Waals surface area contributed by atoms with Crippen molar-refractivity contribution in [1.29, 1.82) is 0 Å². The molecule has 0 bridgehead atoms. The molecule has 5 nitrogen and oxygen atoms in total. The van der Waals surface area contributed by atoms with E-state index < -0.39 is 5.60 Å². The van der Waals surface area contributed by atoms with Crippen molar-refractivity contribution < 1.29 is 14.6 Å². The largest absolute Gasteiger partial charge is 0.497 e. The maximum absolute atomic E-state index is 12.8. The Kier molecular flexibility index (Phi) is 6.14. The zero-order chi connectivity index (χ0) is 19.3. The first kappa shape index (κ1) is 19.4. The summed E-state index contributed by atoms with van der Waals surface area (Å²) in [6.45, 7) is 3.41. The van der Waals surface area contributed by atoms with Crippen LogP contribution < -0.4 is 10.1 Å². The van der Waals surface area contributed by atoms with E-state index in [9.17, 15) is 9.90 Å². The van der Waals surface area contributed by atoms with Gasteiger partial charge in [-0.2, -0.15) is 0 Å². The number of nitrogens with zero attached hydrogens (tertiary/aromatic N) is 1. The smallest absolute Gasteiger partial charge is 0.241 e. The average Bonchev–Trinajstić information content (AvgIpc) is 2.71. The lowest BCUT2D eigenvalue weighted by atomic mass is 9.84. The van der Waals surface area contributed by atoms with Crippen LogP contribution in [0.4, 0.5) is 5.69 Å². The minimum absolute atomic E-state index is 0.00665. The number of hydrogen-bond acceptors (Lipinski definition) is 4. The van der Waals surface area contributed by atoms with Gasteiger partial charge in [0.1, 0.15) is 5.75 Å². The van der Waals surface area contributed by atoms with Gasteiger partial charge in [0.25, 0.3) is 0 Å². The highest BCUT2D eigenvalue weighted by Gasteiger charge is 2.37. The number of amides is 1. The lowest BCUT2D eigenvalue weighted by molar-refractivity contribution is -0.123. The van der Waals surface area contributed by atoms with Gasteiger partial charge in [-0.25, -0.2) is 0 Å². The second-order valence-electron chi connectivity index (χ2n) is 7.08. The fourth-order valence-electron chi connectivity index (χ4n) is 3.75. The molecule has 1 aliphatic heterocycles. The average molecular weight is 368 g/mol. The minimum atomic E-state index is -0.803. The fraction of sp³-hybridized carbons (Fsp3) is 0.409. The molecule has 2 aromatic carbocycles. The van der Waals surface area contributed by atoms with Crippen molar-refractivity contribution in [3.63, 3.8) is 0 Å². The van der Waals surface area contributed by atoms with Crippen LogP contribution in [0.5, 0.6) is 5.75 Å². The van der Waals surface area contributed by atoms with Crippen LogP contribution >= 0.6 is 0 Å². The van der Waals surface area contributed by atoms with Crippen molar-refractivity contribution in [2.24, 2.45) is 0 Å². The summed E-state index contributed by atoms with van der Waals surface area (Å²) < 4.78 is 5.15. The van der Waals surface area contributed by atoms with Crippen LogP contribution in [-0.4, -0.2) is 42.2 Å². The third kappa shape index (κ3) is 4.49. The number of aliphatic hydroxyl groups is 1. The molecule has 0 aromatic heterocycles. The quantitative estimate of drug-likeness (QED) is 0.820. The number of nitrogens with one attached hydrogen (secondary N) is 1. The van der Waals surface area contributed by atoms with E-state index in [0.717, 1.165) is 23.4 Å². The van der Waals surface area contributed by atoms with E-state index >= 15 is 0 Å². The van der Waals surface area contributed by atoms with E-state index in [0.29, 0.717) is 25.9 Å². The van der Waals surface area contributed by atoms with Gasteiger partial charge in [-0.1, -0.05) is 37.3 Å². The normalized spacial score (nSPS) is 17.9. The van der Waals surface area contributed by atoms with Gasteiger partial charge in [0.15, 0.2) is 0 Å². The van der Waals surface area contributed by atoms with Gasteiger partial charge >= 0.3 is 0 Å². The minimum Gasteiger partial charge on any atom is -0.497 e. The van der Waals surface area contributed by atoms with E-state index in [-0.39, 0.29) is 11.9 Å².